The number of carbonyl (C=O) groups excluding carboxylic acids is 1. The molecule has 136 valence electrons. The van der Waals surface area contributed by atoms with Crippen molar-refractivity contribution in [1.29, 1.82) is 0 Å². The van der Waals surface area contributed by atoms with Crippen LogP contribution >= 0.6 is 0 Å². The predicted octanol–water partition coefficient (Wildman–Crippen LogP) is 3.71. The van der Waals surface area contributed by atoms with E-state index >= 15 is 0 Å². The van der Waals surface area contributed by atoms with Gasteiger partial charge in [-0.1, -0.05) is 36.4 Å². The maximum atomic E-state index is 13.1. The highest BCUT2D eigenvalue weighted by molar-refractivity contribution is 5.83. The van der Waals surface area contributed by atoms with Gasteiger partial charge in [0.25, 0.3) is 0 Å². The second-order valence-electron chi connectivity index (χ2n) is 7.62. The van der Waals surface area contributed by atoms with Gasteiger partial charge in [-0.25, -0.2) is 4.39 Å². The summed E-state index contributed by atoms with van der Waals surface area (Å²) in [6.45, 7) is 2.89. The Morgan fingerprint density at radius 3 is 2.62 bits per heavy atom. The second-order valence-corrected chi connectivity index (χ2v) is 7.62. The summed E-state index contributed by atoms with van der Waals surface area (Å²) in [4.78, 5) is 12.8. The summed E-state index contributed by atoms with van der Waals surface area (Å²) in [7, 11) is 0. The first-order chi connectivity index (χ1) is 12.6. The molecule has 26 heavy (non-hydrogen) atoms. The smallest absolute Gasteiger partial charge is 0.227 e. The Balaban J connectivity index is 1.46. The molecule has 1 saturated carbocycles. The first-order valence-corrected chi connectivity index (χ1v) is 9.49. The number of amides is 1. The Morgan fingerprint density at radius 2 is 1.88 bits per heavy atom. The first-order valence-electron chi connectivity index (χ1n) is 9.49. The van der Waals surface area contributed by atoms with Crippen molar-refractivity contribution < 1.29 is 9.18 Å². The molecule has 0 radical (unpaired) electrons. The molecule has 0 bridgehead atoms. The predicted molar refractivity (Wildman–Crippen MR) is 100 cm³/mol. The van der Waals surface area contributed by atoms with Crippen LogP contribution < -0.4 is 10.6 Å². The minimum atomic E-state index is -0.302. The second kappa shape index (κ2) is 7.20. The molecule has 4 rings (SSSR count). The zero-order valence-electron chi connectivity index (χ0n) is 15.0. The van der Waals surface area contributed by atoms with Gasteiger partial charge in [-0.15, -0.1) is 0 Å². The van der Waals surface area contributed by atoms with Gasteiger partial charge in [0.1, 0.15) is 5.82 Å². The molecule has 0 spiro atoms. The molecule has 0 aromatic heterocycles. The molecule has 0 heterocycles. The Labute approximate surface area is 154 Å². The largest absolute Gasteiger partial charge is 0.351 e. The number of benzene rings is 2. The molecule has 3 atom stereocenters. The van der Waals surface area contributed by atoms with Crippen LogP contribution in [0.2, 0.25) is 0 Å². The number of halogens is 1. The fraction of sp³-hybridized carbons (Fsp3) is 0.409. The molecule has 2 N–H and O–H groups in total. The van der Waals surface area contributed by atoms with Gasteiger partial charge in [0, 0.05) is 0 Å². The maximum Gasteiger partial charge on any atom is 0.227 e. The van der Waals surface area contributed by atoms with Crippen LogP contribution in [-0.4, -0.2) is 18.5 Å². The minimum Gasteiger partial charge on any atom is -0.351 e. The summed E-state index contributed by atoms with van der Waals surface area (Å²) in [5, 5.41) is 6.91. The van der Waals surface area contributed by atoms with E-state index in [4.69, 9.17) is 0 Å². The highest BCUT2D eigenvalue weighted by Gasteiger charge is 2.35. The lowest BCUT2D eigenvalue weighted by Gasteiger charge is -2.25. The van der Waals surface area contributed by atoms with E-state index in [2.05, 4.69) is 34.9 Å². The fourth-order valence-corrected chi connectivity index (χ4v) is 3.81. The Kier molecular flexibility index (Phi) is 4.77. The Hall–Kier alpha value is -2.20. The van der Waals surface area contributed by atoms with E-state index in [0.717, 1.165) is 24.4 Å². The molecule has 2 aromatic carbocycles. The average Bonchev–Trinajstić information content (AvgIpc) is 3.41. The summed E-state index contributed by atoms with van der Waals surface area (Å²) in [5.41, 5.74) is 3.44. The van der Waals surface area contributed by atoms with Crippen LogP contribution in [0, 0.1) is 11.7 Å². The highest BCUT2D eigenvalue weighted by atomic mass is 19.1. The number of rotatable bonds is 6. The molecule has 2 aliphatic rings. The zero-order chi connectivity index (χ0) is 18.1. The van der Waals surface area contributed by atoms with E-state index < -0.39 is 0 Å². The van der Waals surface area contributed by atoms with Crippen LogP contribution in [0.1, 0.15) is 48.4 Å². The van der Waals surface area contributed by atoms with Crippen molar-refractivity contribution >= 4 is 5.91 Å². The lowest BCUT2D eigenvalue weighted by Crippen LogP contribution is -2.44. The molecule has 2 aromatic rings. The third-order valence-electron chi connectivity index (χ3n) is 5.65. The van der Waals surface area contributed by atoms with Crippen LogP contribution in [0.25, 0.3) is 0 Å². The first kappa shape index (κ1) is 17.2. The normalized spacial score (nSPS) is 22.7. The van der Waals surface area contributed by atoms with Gasteiger partial charge in [0.15, 0.2) is 0 Å². The molecule has 1 amide bonds. The summed E-state index contributed by atoms with van der Waals surface area (Å²) in [6.07, 6.45) is 3.46. The standard InChI is InChI=1S/C22H25FN2O/c1-14(16-8-10-18(23)11-9-16)22(26)25-20-12-17-4-2-3-5-19(17)21(20)24-13-15-6-7-15/h2-5,8-11,14-15,20-21,24H,6-7,12-13H2,1H3,(H,25,26)/t14?,20-,21-/m0/s1. The van der Waals surface area contributed by atoms with Crippen molar-refractivity contribution in [1.82, 2.24) is 10.6 Å². The van der Waals surface area contributed by atoms with E-state index in [1.165, 1.54) is 36.1 Å². The van der Waals surface area contributed by atoms with Gasteiger partial charge in [-0.05, 0) is 67.5 Å². The monoisotopic (exact) mass is 352 g/mol. The lowest BCUT2D eigenvalue weighted by molar-refractivity contribution is -0.123. The molecule has 3 nitrogen and oxygen atoms in total. The average molecular weight is 352 g/mol. The topological polar surface area (TPSA) is 41.1 Å². The summed E-state index contributed by atoms with van der Waals surface area (Å²) in [6, 6.07) is 14.8. The van der Waals surface area contributed by atoms with Crippen LogP contribution in [0.3, 0.4) is 0 Å². The van der Waals surface area contributed by atoms with Crippen molar-refractivity contribution in [2.75, 3.05) is 6.54 Å². The van der Waals surface area contributed by atoms with Crippen molar-refractivity contribution in [3.63, 3.8) is 0 Å². The van der Waals surface area contributed by atoms with Gasteiger partial charge in [-0.2, -0.15) is 0 Å². The molecule has 2 aliphatic carbocycles. The number of nitrogens with one attached hydrogen (secondary N) is 2. The van der Waals surface area contributed by atoms with E-state index in [1.54, 1.807) is 12.1 Å². The third kappa shape index (κ3) is 3.65. The third-order valence-corrected chi connectivity index (χ3v) is 5.65. The zero-order valence-corrected chi connectivity index (χ0v) is 15.0. The fourth-order valence-electron chi connectivity index (χ4n) is 3.81. The molecule has 0 aliphatic heterocycles. The molecular formula is C22H25FN2O. The van der Waals surface area contributed by atoms with E-state index in [1.807, 2.05) is 6.92 Å². The Morgan fingerprint density at radius 1 is 1.15 bits per heavy atom. The van der Waals surface area contributed by atoms with Crippen molar-refractivity contribution in [3.05, 3.63) is 71.0 Å². The number of hydrogen-bond acceptors (Lipinski definition) is 2. The van der Waals surface area contributed by atoms with Gasteiger partial charge in [-0.3, -0.25) is 4.79 Å². The van der Waals surface area contributed by atoms with Crippen LogP contribution in [0.4, 0.5) is 4.39 Å². The Bertz CT molecular complexity index is 785. The van der Waals surface area contributed by atoms with E-state index in [0.29, 0.717) is 0 Å². The summed E-state index contributed by atoms with van der Waals surface area (Å²) in [5.74, 6) is 0.199. The molecule has 1 fully saturated rings. The quantitative estimate of drug-likeness (QED) is 0.832. The van der Waals surface area contributed by atoms with Crippen molar-refractivity contribution in [3.8, 4) is 0 Å². The van der Waals surface area contributed by atoms with Gasteiger partial charge >= 0.3 is 0 Å². The number of hydrogen-bond donors (Lipinski definition) is 2. The number of fused-ring (bicyclic) bond motifs is 1. The van der Waals surface area contributed by atoms with Crippen molar-refractivity contribution in [2.45, 2.75) is 44.2 Å². The highest BCUT2D eigenvalue weighted by Crippen LogP contribution is 2.34. The van der Waals surface area contributed by atoms with Crippen LogP contribution in [-0.2, 0) is 11.2 Å². The van der Waals surface area contributed by atoms with Gasteiger partial charge < -0.3 is 10.6 Å². The van der Waals surface area contributed by atoms with E-state index in [-0.39, 0.29) is 29.7 Å². The summed E-state index contributed by atoms with van der Waals surface area (Å²) >= 11 is 0. The van der Waals surface area contributed by atoms with E-state index in [9.17, 15) is 9.18 Å². The maximum absolute atomic E-state index is 13.1. The SMILES string of the molecule is CC(C(=O)N[C@H]1Cc2ccccc2[C@@H]1NCC1CC1)c1ccc(F)cc1. The van der Waals surface area contributed by atoms with Crippen LogP contribution in [0.5, 0.6) is 0 Å². The molecule has 1 unspecified atom stereocenters. The molecule has 4 heteroatoms. The van der Waals surface area contributed by atoms with Crippen molar-refractivity contribution in [2.24, 2.45) is 5.92 Å². The minimum absolute atomic E-state index is 0.00682. The summed E-state index contributed by atoms with van der Waals surface area (Å²) < 4.78 is 13.1. The lowest BCUT2D eigenvalue weighted by atomic mass is 9.99. The molecular weight excluding hydrogens is 327 g/mol. The number of carbonyl (C=O) groups is 1. The van der Waals surface area contributed by atoms with Gasteiger partial charge in [0.2, 0.25) is 5.91 Å². The molecule has 0 saturated heterocycles. The van der Waals surface area contributed by atoms with Crippen LogP contribution in [0.15, 0.2) is 48.5 Å². The van der Waals surface area contributed by atoms with Gasteiger partial charge in [0.05, 0.1) is 18.0 Å².